The van der Waals surface area contributed by atoms with E-state index < -0.39 is 12.1 Å². The highest BCUT2D eigenvalue weighted by Gasteiger charge is 2.41. The molecule has 1 heterocycles. The van der Waals surface area contributed by atoms with Crippen LogP contribution < -0.4 is 10.2 Å². The molecule has 1 unspecified atom stereocenters. The molecule has 1 amide bonds. The first kappa shape index (κ1) is 13.9. The summed E-state index contributed by atoms with van der Waals surface area (Å²) in [6.07, 6.45) is -4.20. The summed E-state index contributed by atoms with van der Waals surface area (Å²) < 4.78 is 36.4. The Kier molecular flexibility index (Phi) is 4.09. The molecular formula is C13H16F3N2O+. The lowest BCUT2D eigenvalue weighted by Crippen LogP contribution is -3.09. The number of nitrogens with one attached hydrogen (secondary N) is 2. The molecule has 0 aliphatic carbocycles. The highest BCUT2D eigenvalue weighted by molar-refractivity contribution is 5.81. The van der Waals surface area contributed by atoms with Gasteiger partial charge in [0.1, 0.15) is 6.54 Å². The number of quaternary nitrogens is 1. The van der Waals surface area contributed by atoms with Crippen LogP contribution in [0, 0.1) is 0 Å². The van der Waals surface area contributed by atoms with Crippen LogP contribution in [0.15, 0.2) is 30.3 Å². The van der Waals surface area contributed by atoms with Gasteiger partial charge in [-0.25, -0.2) is 0 Å². The van der Waals surface area contributed by atoms with Gasteiger partial charge < -0.3 is 10.2 Å². The van der Waals surface area contributed by atoms with E-state index in [1.807, 2.05) is 35.6 Å². The predicted octanol–water partition coefficient (Wildman–Crippen LogP) is 0.522. The first-order chi connectivity index (χ1) is 8.95. The number of hydrogen-bond acceptors (Lipinski definition) is 1. The van der Waals surface area contributed by atoms with Crippen LogP contribution in [0.1, 0.15) is 12.0 Å². The Morgan fingerprint density at radius 3 is 2.63 bits per heavy atom. The number of halogens is 3. The summed E-state index contributed by atoms with van der Waals surface area (Å²) in [6, 6.07) is 9.41. The molecule has 19 heavy (non-hydrogen) atoms. The molecule has 1 aromatic carbocycles. The van der Waals surface area contributed by atoms with Gasteiger partial charge in [-0.05, 0) is 0 Å². The third-order valence-electron chi connectivity index (χ3n) is 3.27. The van der Waals surface area contributed by atoms with Crippen LogP contribution in [-0.4, -0.2) is 31.2 Å². The molecule has 0 aromatic heterocycles. The Morgan fingerprint density at radius 1 is 1.32 bits per heavy atom. The molecule has 2 N–H and O–H groups in total. The lowest BCUT2D eigenvalue weighted by molar-refractivity contribution is -0.901. The number of amides is 1. The second-order valence-corrected chi connectivity index (χ2v) is 4.82. The second-order valence-electron chi connectivity index (χ2n) is 4.82. The number of benzene rings is 1. The molecule has 0 spiro atoms. The van der Waals surface area contributed by atoms with Crippen LogP contribution in [0.25, 0.3) is 0 Å². The number of hydrogen-bond donors (Lipinski definition) is 2. The van der Waals surface area contributed by atoms with Crippen LogP contribution in [0.4, 0.5) is 13.2 Å². The van der Waals surface area contributed by atoms with Crippen molar-refractivity contribution in [1.29, 1.82) is 0 Å². The number of rotatable bonds is 3. The molecular weight excluding hydrogens is 257 g/mol. The monoisotopic (exact) mass is 273 g/mol. The zero-order valence-electron chi connectivity index (χ0n) is 10.3. The first-order valence-corrected chi connectivity index (χ1v) is 6.20. The lowest BCUT2D eigenvalue weighted by Gasteiger charge is -2.15. The van der Waals surface area contributed by atoms with E-state index in [0.717, 1.165) is 18.7 Å². The Labute approximate surface area is 109 Å². The maximum Gasteiger partial charge on any atom is 0.471 e. The topological polar surface area (TPSA) is 33.5 Å². The zero-order valence-corrected chi connectivity index (χ0v) is 10.3. The van der Waals surface area contributed by atoms with Crippen molar-refractivity contribution in [2.24, 2.45) is 0 Å². The fourth-order valence-corrected chi connectivity index (χ4v) is 2.37. The second kappa shape index (κ2) is 5.61. The summed E-state index contributed by atoms with van der Waals surface area (Å²) in [6.45, 7) is 2.09. The first-order valence-electron chi connectivity index (χ1n) is 6.20. The molecule has 2 atom stereocenters. The smallest absolute Gasteiger partial charge is 0.340 e. The Balaban J connectivity index is 1.82. The van der Waals surface area contributed by atoms with Crippen molar-refractivity contribution < 1.29 is 22.9 Å². The molecule has 1 aromatic rings. The molecule has 0 radical (unpaired) electrons. The van der Waals surface area contributed by atoms with Crippen LogP contribution in [0.3, 0.4) is 0 Å². The molecule has 1 aliphatic heterocycles. The summed E-state index contributed by atoms with van der Waals surface area (Å²) in [7, 11) is 0. The van der Waals surface area contributed by atoms with E-state index in [1.165, 1.54) is 4.90 Å². The van der Waals surface area contributed by atoms with Crippen molar-refractivity contribution >= 4 is 5.91 Å². The molecule has 3 nitrogen and oxygen atoms in total. The molecule has 0 bridgehead atoms. The van der Waals surface area contributed by atoms with E-state index in [2.05, 4.69) is 0 Å². The van der Waals surface area contributed by atoms with Crippen molar-refractivity contribution in [2.75, 3.05) is 13.1 Å². The number of carbonyl (C=O) groups is 1. The molecule has 1 saturated heterocycles. The third kappa shape index (κ3) is 3.96. The fraction of sp³-hybridized carbons (Fsp3) is 0.462. The number of carbonyl (C=O) groups excluding carboxylic acids is 1. The van der Waals surface area contributed by atoms with Gasteiger partial charge in [0.25, 0.3) is 0 Å². The SMILES string of the molecule is O=C(N[C@H]1CC[NH+](Cc2ccccc2)C1)C(F)(F)F. The molecule has 2 rings (SSSR count). The van der Waals surface area contributed by atoms with Crippen molar-refractivity contribution in [3.8, 4) is 0 Å². The summed E-state index contributed by atoms with van der Waals surface area (Å²) in [5.74, 6) is -1.83. The van der Waals surface area contributed by atoms with E-state index in [0.29, 0.717) is 13.0 Å². The van der Waals surface area contributed by atoms with Gasteiger partial charge in [-0.15, -0.1) is 0 Å². The summed E-state index contributed by atoms with van der Waals surface area (Å²) in [4.78, 5) is 12.0. The quantitative estimate of drug-likeness (QED) is 0.827. The summed E-state index contributed by atoms with van der Waals surface area (Å²) in [5.41, 5.74) is 1.15. The van der Waals surface area contributed by atoms with Crippen molar-refractivity contribution in [3.05, 3.63) is 35.9 Å². The minimum atomic E-state index is -4.79. The average molecular weight is 273 g/mol. The van der Waals surface area contributed by atoms with Crippen molar-refractivity contribution in [3.63, 3.8) is 0 Å². The van der Waals surface area contributed by atoms with E-state index in [9.17, 15) is 18.0 Å². The zero-order chi connectivity index (χ0) is 13.9. The number of alkyl halides is 3. The highest BCUT2D eigenvalue weighted by atomic mass is 19.4. The predicted molar refractivity (Wildman–Crippen MR) is 63.4 cm³/mol. The van der Waals surface area contributed by atoms with E-state index in [4.69, 9.17) is 0 Å². The molecule has 1 fully saturated rings. The van der Waals surface area contributed by atoms with Gasteiger partial charge >= 0.3 is 12.1 Å². The van der Waals surface area contributed by atoms with E-state index in [1.54, 1.807) is 0 Å². The van der Waals surface area contributed by atoms with Crippen LogP contribution >= 0.6 is 0 Å². The minimum Gasteiger partial charge on any atom is -0.340 e. The molecule has 6 heteroatoms. The highest BCUT2D eigenvalue weighted by Crippen LogP contribution is 2.14. The van der Waals surface area contributed by atoms with Gasteiger partial charge in [-0.3, -0.25) is 4.79 Å². The molecule has 0 saturated carbocycles. The van der Waals surface area contributed by atoms with Crippen LogP contribution in [0.2, 0.25) is 0 Å². The third-order valence-corrected chi connectivity index (χ3v) is 3.27. The maximum absolute atomic E-state index is 12.1. The molecule has 104 valence electrons. The Hall–Kier alpha value is -1.56. The van der Waals surface area contributed by atoms with Crippen molar-refractivity contribution in [1.82, 2.24) is 5.32 Å². The largest absolute Gasteiger partial charge is 0.471 e. The van der Waals surface area contributed by atoms with E-state index in [-0.39, 0.29) is 6.04 Å². The standard InChI is InChI=1S/C13H15F3N2O/c14-13(15,16)12(19)17-11-6-7-18(9-11)8-10-4-2-1-3-5-10/h1-5,11H,6-9H2,(H,17,19)/p+1/t11-/m0/s1. The van der Waals surface area contributed by atoms with Gasteiger partial charge in [0.15, 0.2) is 0 Å². The van der Waals surface area contributed by atoms with E-state index >= 15 is 0 Å². The van der Waals surface area contributed by atoms with Gasteiger partial charge in [0.2, 0.25) is 0 Å². The Bertz CT molecular complexity index is 433. The van der Waals surface area contributed by atoms with Gasteiger partial charge in [-0.1, -0.05) is 30.3 Å². The van der Waals surface area contributed by atoms with Gasteiger partial charge in [0, 0.05) is 12.0 Å². The lowest BCUT2D eigenvalue weighted by atomic mass is 10.2. The minimum absolute atomic E-state index is 0.382. The van der Waals surface area contributed by atoms with Gasteiger partial charge in [0.05, 0.1) is 19.1 Å². The average Bonchev–Trinajstić information content (AvgIpc) is 2.76. The fourth-order valence-electron chi connectivity index (χ4n) is 2.37. The normalized spacial score (nSPS) is 23.3. The van der Waals surface area contributed by atoms with Crippen LogP contribution in [0.5, 0.6) is 0 Å². The summed E-state index contributed by atoms with van der Waals surface area (Å²) >= 11 is 0. The maximum atomic E-state index is 12.1. The number of likely N-dealkylation sites (tertiary alicyclic amines) is 1. The van der Waals surface area contributed by atoms with Crippen LogP contribution in [-0.2, 0) is 11.3 Å². The summed E-state index contributed by atoms with van der Waals surface area (Å²) in [5, 5.41) is 2.05. The molecule has 1 aliphatic rings. The van der Waals surface area contributed by atoms with Crippen molar-refractivity contribution in [2.45, 2.75) is 25.2 Å². The van der Waals surface area contributed by atoms with Gasteiger partial charge in [-0.2, -0.15) is 13.2 Å². The Morgan fingerprint density at radius 2 is 2.00 bits per heavy atom.